The number of thiophene rings is 1. The Kier molecular flexibility index (Phi) is 3.35. The minimum absolute atomic E-state index is 0.537. The summed E-state index contributed by atoms with van der Waals surface area (Å²) in [6.07, 6.45) is 2.76. The molecule has 5 nitrogen and oxygen atoms in total. The van der Waals surface area contributed by atoms with Crippen LogP contribution in [0.2, 0.25) is 0 Å². The van der Waals surface area contributed by atoms with Crippen molar-refractivity contribution < 1.29 is 9.90 Å². The molecule has 0 aliphatic carbocycles. The van der Waals surface area contributed by atoms with E-state index in [1.165, 1.54) is 4.88 Å². The first-order valence-corrected chi connectivity index (χ1v) is 7.46. The molecule has 0 aromatic carbocycles. The zero-order valence-corrected chi connectivity index (χ0v) is 12.4. The fourth-order valence-electron chi connectivity index (χ4n) is 2.75. The van der Waals surface area contributed by atoms with Gasteiger partial charge in [0.05, 0.1) is 6.20 Å². The van der Waals surface area contributed by atoms with E-state index in [1.54, 1.807) is 11.3 Å². The average Bonchev–Trinajstić information content (AvgIpc) is 2.99. The highest BCUT2D eigenvalue weighted by Crippen LogP contribution is 2.34. The highest BCUT2D eigenvalue weighted by Gasteiger charge is 2.33. The molecule has 2 aromatic rings. The molecule has 20 heavy (non-hydrogen) atoms. The van der Waals surface area contributed by atoms with Crippen LogP contribution in [-0.2, 0) is 24.8 Å². The lowest BCUT2D eigenvalue weighted by molar-refractivity contribution is -0.144. The van der Waals surface area contributed by atoms with E-state index in [9.17, 15) is 9.90 Å². The van der Waals surface area contributed by atoms with Crippen LogP contribution in [0.3, 0.4) is 0 Å². The number of carbonyl (C=O) groups is 1. The van der Waals surface area contributed by atoms with Crippen LogP contribution in [0.1, 0.15) is 27.7 Å². The van der Waals surface area contributed by atoms with Gasteiger partial charge in [0, 0.05) is 36.3 Å². The van der Waals surface area contributed by atoms with Crippen molar-refractivity contribution in [1.82, 2.24) is 14.7 Å². The molecule has 3 heterocycles. The molecule has 1 N–H and O–H groups in total. The van der Waals surface area contributed by atoms with Gasteiger partial charge in [0.15, 0.2) is 0 Å². The second-order valence-electron chi connectivity index (χ2n) is 5.14. The molecule has 106 valence electrons. The standard InChI is InChI=1S/C14H17N3O2S/c1-9-10(7-15-16(9)2)8-17-5-3-12-11(4-6-20-12)13(17)14(18)19/h4,6-7,13H,3,5,8H2,1-2H3,(H,18,19). The number of hydrogen-bond donors (Lipinski definition) is 1. The Morgan fingerprint density at radius 2 is 2.40 bits per heavy atom. The number of nitrogens with zero attached hydrogens (tertiary/aromatic N) is 3. The van der Waals surface area contributed by atoms with Gasteiger partial charge in [0.2, 0.25) is 0 Å². The zero-order valence-electron chi connectivity index (χ0n) is 11.5. The van der Waals surface area contributed by atoms with Gasteiger partial charge in [-0.1, -0.05) is 0 Å². The Morgan fingerprint density at radius 1 is 1.60 bits per heavy atom. The SMILES string of the molecule is Cc1c(CN2CCc3sccc3C2C(=O)O)cnn1C. The summed E-state index contributed by atoms with van der Waals surface area (Å²) in [6.45, 7) is 3.42. The topological polar surface area (TPSA) is 58.4 Å². The Labute approximate surface area is 121 Å². The number of carboxylic acids is 1. The molecule has 1 aliphatic rings. The first-order chi connectivity index (χ1) is 9.58. The lowest BCUT2D eigenvalue weighted by Gasteiger charge is -2.32. The minimum atomic E-state index is -0.772. The van der Waals surface area contributed by atoms with Gasteiger partial charge >= 0.3 is 5.97 Å². The van der Waals surface area contributed by atoms with Gasteiger partial charge in [-0.05, 0) is 30.4 Å². The van der Waals surface area contributed by atoms with Gasteiger partial charge in [-0.2, -0.15) is 5.10 Å². The van der Waals surface area contributed by atoms with Crippen LogP contribution < -0.4 is 0 Å². The van der Waals surface area contributed by atoms with Crippen LogP contribution >= 0.6 is 11.3 Å². The molecule has 0 amide bonds. The summed E-state index contributed by atoms with van der Waals surface area (Å²) in [5, 5.41) is 15.8. The molecule has 1 aliphatic heterocycles. The molecular weight excluding hydrogens is 274 g/mol. The quantitative estimate of drug-likeness (QED) is 0.939. The van der Waals surface area contributed by atoms with Crippen molar-refractivity contribution in [3.05, 3.63) is 39.3 Å². The van der Waals surface area contributed by atoms with E-state index in [0.29, 0.717) is 6.54 Å². The monoisotopic (exact) mass is 291 g/mol. The van der Waals surface area contributed by atoms with Crippen molar-refractivity contribution in [1.29, 1.82) is 0 Å². The zero-order chi connectivity index (χ0) is 14.3. The molecule has 0 radical (unpaired) electrons. The lowest BCUT2D eigenvalue weighted by Crippen LogP contribution is -2.38. The number of carboxylic acid groups (broad SMARTS) is 1. The Balaban J connectivity index is 1.90. The number of aliphatic carboxylic acids is 1. The van der Waals surface area contributed by atoms with Crippen LogP contribution in [0.25, 0.3) is 0 Å². The summed E-state index contributed by atoms with van der Waals surface area (Å²) < 4.78 is 1.82. The Morgan fingerprint density at radius 3 is 3.05 bits per heavy atom. The fourth-order valence-corrected chi connectivity index (χ4v) is 3.65. The van der Waals surface area contributed by atoms with Crippen molar-refractivity contribution in [3.63, 3.8) is 0 Å². The second kappa shape index (κ2) is 5.03. The summed E-state index contributed by atoms with van der Waals surface area (Å²) in [5.74, 6) is -0.772. The number of fused-ring (bicyclic) bond motifs is 1. The third-order valence-corrected chi connectivity index (χ3v) is 5.01. The van der Waals surface area contributed by atoms with Crippen molar-refractivity contribution in [3.8, 4) is 0 Å². The van der Waals surface area contributed by atoms with Crippen LogP contribution in [0.15, 0.2) is 17.6 Å². The Bertz CT molecular complexity index is 647. The molecule has 0 saturated heterocycles. The number of aromatic nitrogens is 2. The molecule has 2 aromatic heterocycles. The van der Waals surface area contributed by atoms with E-state index in [0.717, 1.165) is 29.8 Å². The molecule has 1 atom stereocenters. The van der Waals surface area contributed by atoms with Gasteiger partial charge in [-0.25, -0.2) is 0 Å². The predicted octanol–water partition coefficient (Wildman–Crippen LogP) is 1.97. The van der Waals surface area contributed by atoms with Gasteiger partial charge in [0.25, 0.3) is 0 Å². The smallest absolute Gasteiger partial charge is 0.325 e. The highest BCUT2D eigenvalue weighted by molar-refractivity contribution is 7.10. The van der Waals surface area contributed by atoms with Crippen LogP contribution in [0.5, 0.6) is 0 Å². The first kappa shape index (κ1) is 13.3. The third-order valence-electron chi connectivity index (χ3n) is 4.01. The van der Waals surface area contributed by atoms with Crippen molar-refractivity contribution in [2.45, 2.75) is 25.9 Å². The Hall–Kier alpha value is -1.66. The van der Waals surface area contributed by atoms with Gasteiger partial charge < -0.3 is 5.11 Å². The third kappa shape index (κ3) is 2.14. The van der Waals surface area contributed by atoms with Crippen molar-refractivity contribution in [2.24, 2.45) is 7.05 Å². The number of rotatable bonds is 3. The number of hydrogen-bond acceptors (Lipinski definition) is 4. The van der Waals surface area contributed by atoms with Crippen LogP contribution in [-0.4, -0.2) is 32.3 Å². The predicted molar refractivity (Wildman–Crippen MR) is 76.8 cm³/mol. The van der Waals surface area contributed by atoms with Crippen molar-refractivity contribution in [2.75, 3.05) is 6.54 Å². The molecular formula is C14H17N3O2S. The van der Waals surface area contributed by atoms with Gasteiger partial charge in [-0.15, -0.1) is 11.3 Å². The molecule has 0 spiro atoms. The van der Waals surface area contributed by atoms with Crippen LogP contribution in [0.4, 0.5) is 0 Å². The van der Waals surface area contributed by atoms with E-state index >= 15 is 0 Å². The average molecular weight is 291 g/mol. The molecule has 0 bridgehead atoms. The van der Waals surface area contributed by atoms with E-state index < -0.39 is 12.0 Å². The second-order valence-corrected chi connectivity index (χ2v) is 6.14. The summed E-state index contributed by atoms with van der Waals surface area (Å²) in [4.78, 5) is 14.9. The van der Waals surface area contributed by atoms with E-state index in [2.05, 4.69) is 5.10 Å². The maximum Gasteiger partial charge on any atom is 0.325 e. The summed E-state index contributed by atoms with van der Waals surface area (Å²) in [6, 6.07) is 1.41. The number of aryl methyl sites for hydroxylation is 1. The fraction of sp³-hybridized carbons (Fsp3) is 0.429. The first-order valence-electron chi connectivity index (χ1n) is 6.58. The molecule has 0 fully saturated rings. The van der Waals surface area contributed by atoms with E-state index in [-0.39, 0.29) is 0 Å². The minimum Gasteiger partial charge on any atom is -0.480 e. The van der Waals surface area contributed by atoms with Crippen molar-refractivity contribution >= 4 is 17.3 Å². The molecule has 3 rings (SSSR count). The van der Waals surface area contributed by atoms with Crippen LogP contribution in [0, 0.1) is 6.92 Å². The highest BCUT2D eigenvalue weighted by atomic mass is 32.1. The normalized spacial score (nSPS) is 19.0. The van der Waals surface area contributed by atoms with Gasteiger partial charge in [-0.3, -0.25) is 14.4 Å². The molecule has 6 heteroatoms. The molecule has 0 saturated carbocycles. The maximum absolute atomic E-state index is 11.6. The summed E-state index contributed by atoms with van der Waals surface area (Å²) in [5.41, 5.74) is 3.14. The molecule has 1 unspecified atom stereocenters. The van der Waals surface area contributed by atoms with E-state index in [4.69, 9.17) is 0 Å². The van der Waals surface area contributed by atoms with Gasteiger partial charge in [0.1, 0.15) is 6.04 Å². The summed E-state index contributed by atoms with van der Waals surface area (Å²) in [7, 11) is 1.90. The largest absolute Gasteiger partial charge is 0.480 e. The maximum atomic E-state index is 11.6. The summed E-state index contributed by atoms with van der Waals surface area (Å²) >= 11 is 1.66. The van der Waals surface area contributed by atoms with E-state index in [1.807, 2.05) is 41.2 Å². The lowest BCUT2D eigenvalue weighted by atomic mass is 9.99.